The maximum atomic E-state index is 13.0. The monoisotopic (exact) mass is 424 g/mol. The minimum Gasteiger partial charge on any atom is -0.466 e. The van der Waals surface area contributed by atoms with Gasteiger partial charge in [0.25, 0.3) is 0 Å². The Morgan fingerprint density at radius 1 is 0.966 bits per heavy atom. The Morgan fingerprint density at radius 3 is 2.24 bits per heavy atom. The van der Waals surface area contributed by atoms with E-state index in [1.807, 2.05) is 58.0 Å². The van der Waals surface area contributed by atoms with Crippen molar-refractivity contribution in [3.63, 3.8) is 0 Å². The van der Waals surface area contributed by atoms with Gasteiger partial charge < -0.3 is 28.4 Å². The van der Waals surface area contributed by atoms with Crippen LogP contribution in [0.25, 0.3) is 0 Å². The molecule has 160 valence electrons. The van der Waals surface area contributed by atoms with Gasteiger partial charge in [0.1, 0.15) is 18.3 Å². The molecule has 0 saturated carbocycles. The minimum atomic E-state index is -1.28. The molecule has 3 fully saturated rings. The van der Waals surface area contributed by atoms with Gasteiger partial charge in [-0.15, -0.1) is 0 Å². The van der Waals surface area contributed by atoms with Gasteiger partial charge in [0.2, 0.25) is 4.93 Å². The third-order valence-corrected chi connectivity index (χ3v) is 6.53. The predicted octanol–water partition coefficient (Wildman–Crippen LogP) is 3.11. The van der Waals surface area contributed by atoms with Crippen LogP contribution in [-0.2, 0) is 33.2 Å². The molecule has 29 heavy (non-hydrogen) atoms. The fourth-order valence-corrected chi connectivity index (χ4v) is 5.38. The summed E-state index contributed by atoms with van der Waals surface area (Å²) in [4.78, 5) is 12.6. The highest BCUT2D eigenvalue weighted by Gasteiger charge is 2.61. The molecule has 0 unspecified atom stereocenters. The van der Waals surface area contributed by atoms with Crippen molar-refractivity contribution in [2.45, 2.75) is 79.9 Å². The van der Waals surface area contributed by atoms with Crippen molar-refractivity contribution in [1.29, 1.82) is 0 Å². The van der Waals surface area contributed by atoms with E-state index in [1.165, 1.54) is 18.9 Å². The van der Waals surface area contributed by atoms with Gasteiger partial charge in [-0.1, -0.05) is 30.0 Å². The first-order chi connectivity index (χ1) is 13.6. The third kappa shape index (κ3) is 4.19. The van der Waals surface area contributed by atoms with Crippen molar-refractivity contribution >= 4 is 17.7 Å². The van der Waals surface area contributed by atoms with Gasteiger partial charge in [0.05, 0.1) is 19.8 Å². The van der Waals surface area contributed by atoms with Gasteiger partial charge in [-0.25, -0.2) is 4.79 Å². The number of fused-ring (bicyclic) bond motifs is 1. The molecule has 8 heteroatoms. The normalized spacial score (nSPS) is 37.8. The number of hydrogen-bond donors (Lipinski definition) is 0. The van der Waals surface area contributed by atoms with Crippen LogP contribution in [0.4, 0.5) is 0 Å². The second-order valence-corrected chi connectivity index (χ2v) is 9.79. The second-order valence-electron chi connectivity index (χ2n) is 8.45. The van der Waals surface area contributed by atoms with Crippen molar-refractivity contribution < 1.29 is 33.2 Å². The molecule has 3 aliphatic heterocycles. The van der Waals surface area contributed by atoms with Gasteiger partial charge >= 0.3 is 5.97 Å². The van der Waals surface area contributed by atoms with Crippen LogP contribution in [0.5, 0.6) is 0 Å². The van der Waals surface area contributed by atoms with E-state index >= 15 is 0 Å². The van der Waals surface area contributed by atoms with E-state index in [0.717, 1.165) is 4.90 Å². The first-order valence-electron chi connectivity index (χ1n) is 9.81. The van der Waals surface area contributed by atoms with Crippen LogP contribution in [0, 0.1) is 0 Å². The Kier molecular flexibility index (Phi) is 5.46. The molecule has 0 radical (unpaired) electrons. The molecule has 0 aliphatic carbocycles. The van der Waals surface area contributed by atoms with Crippen molar-refractivity contribution in [2.75, 3.05) is 13.7 Å². The number of ether oxygens (including phenoxy) is 6. The Morgan fingerprint density at radius 2 is 1.62 bits per heavy atom. The highest BCUT2D eigenvalue weighted by molar-refractivity contribution is 8.01. The summed E-state index contributed by atoms with van der Waals surface area (Å²) in [6.07, 6.45) is -1.35. The molecule has 3 heterocycles. The fraction of sp³-hybridized carbons (Fsp3) is 0.667. The molecule has 3 saturated heterocycles. The molecular formula is C21H28O7S. The molecular weight excluding hydrogens is 396 g/mol. The Labute approximate surface area is 175 Å². The highest BCUT2D eigenvalue weighted by Crippen LogP contribution is 2.50. The van der Waals surface area contributed by atoms with E-state index in [-0.39, 0.29) is 12.2 Å². The van der Waals surface area contributed by atoms with Gasteiger partial charge in [0, 0.05) is 11.3 Å². The SMILES string of the molecule is COC(=O)[C@]1(Sc2ccccc2)C[C@H]2OC(C)(C)O[C@H]2[C@@H]([C@H]2COC(C)(C)O2)O1. The topological polar surface area (TPSA) is 72.5 Å². The smallest absolute Gasteiger partial charge is 0.349 e. The zero-order chi connectivity index (χ0) is 20.9. The largest absolute Gasteiger partial charge is 0.466 e. The lowest BCUT2D eigenvalue weighted by molar-refractivity contribution is -0.217. The Bertz CT molecular complexity index is 753. The van der Waals surface area contributed by atoms with Gasteiger partial charge in [0.15, 0.2) is 11.6 Å². The second kappa shape index (κ2) is 7.51. The summed E-state index contributed by atoms with van der Waals surface area (Å²) in [7, 11) is 1.37. The lowest BCUT2D eigenvalue weighted by Crippen LogP contribution is -2.59. The standard InChI is InChI=1S/C21H28O7S/c1-19(2)24-12-15(26-19)17-16-14(25-20(3,4)27-16)11-21(28-17,18(22)23-5)29-13-9-7-6-8-10-13/h6-10,14-17H,11-12H2,1-5H3/t14-,15-,16-,17-,21-/m1/s1. The Balaban J connectivity index is 1.69. The van der Waals surface area contributed by atoms with E-state index in [0.29, 0.717) is 13.0 Å². The van der Waals surface area contributed by atoms with E-state index in [9.17, 15) is 4.79 Å². The molecule has 4 rings (SSSR count). The first kappa shape index (κ1) is 21.1. The van der Waals surface area contributed by atoms with E-state index < -0.39 is 34.7 Å². The summed E-state index contributed by atoms with van der Waals surface area (Å²) in [5.74, 6) is -1.97. The summed E-state index contributed by atoms with van der Waals surface area (Å²) >= 11 is 1.33. The zero-order valence-electron chi connectivity index (χ0n) is 17.4. The molecule has 0 N–H and O–H groups in total. The molecule has 1 aromatic rings. The number of hydrogen-bond acceptors (Lipinski definition) is 8. The van der Waals surface area contributed by atoms with Crippen molar-refractivity contribution in [2.24, 2.45) is 0 Å². The lowest BCUT2D eigenvalue weighted by atomic mass is 9.94. The van der Waals surface area contributed by atoms with Gasteiger partial charge in [-0.3, -0.25) is 0 Å². The predicted molar refractivity (Wildman–Crippen MR) is 105 cm³/mol. The van der Waals surface area contributed by atoms with Crippen LogP contribution in [0.2, 0.25) is 0 Å². The van der Waals surface area contributed by atoms with Crippen LogP contribution in [0.1, 0.15) is 34.1 Å². The first-order valence-corrected chi connectivity index (χ1v) is 10.6. The molecule has 0 amide bonds. The lowest BCUT2D eigenvalue weighted by Gasteiger charge is -2.44. The van der Waals surface area contributed by atoms with Crippen molar-refractivity contribution in [3.05, 3.63) is 30.3 Å². The highest BCUT2D eigenvalue weighted by atomic mass is 32.2. The van der Waals surface area contributed by atoms with Crippen LogP contribution >= 0.6 is 11.8 Å². The van der Waals surface area contributed by atoms with E-state index in [1.54, 1.807) is 0 Å². The summed E-state index contributed by atoms with van der Waals surface area (Å²) in [5.41, 5.74) is 0. The Hall–Kier alpha value is -1.16. The zero-order valence-corrected chi connectivity index (χ0v) is 18.2. The molecule has 7 nitrogen and oxygen atoms in total. The van der Waals surface area contributed by atoms with E-state index in [2.05, 4.69) is 0 Å². The molecule has 0 aromatic heterocycles. The quantitative estimate of drug-likeness (QED) is 0.683. The summed E-state index contributed by atoms with van der Waals surface area (Å²) in [5, 5.41) is 0. The number of rotatable bonds is 4. The number of carbonyl (C=O) groups is 1. The number of esters is 1. The number of carbonyl (C=O) groups excluding carboxylic acids is 1. The van der Waals surface area contributed by atoms with E-state index in [4.69, 9.17) is 28.4 Å². The average Bonchev–Trinajstić information content (AvgIpc) is 3.18. The summed E-state index contributed by atoms with van der Waals surface area (Å²) < 4.78 is 35.8. The molecule has 5 atom stereocenters. The summed E-state index contributed by atoms with van der Waals surface area (Å²) in [6, 6.07) is 9.65. The molecule has 0 spiro atoms. The minimum absolute atomic E-state index is 0.306. The molecule has 3 aliphatic rings. The van der Waals surface area contributed by atoms with Crippen LogP contribution in [-0.4, -0.2) is 60.6 Å². The number of methoxy groups -OCH3 is 1. The van der Waals surface area contributed by atoms with Gasteiger partial charge in [-0.05, 0) is 39.8 Å². The molecule has 0 bridgehead atoms. The van der Waals surface area contributed by atoms with Crippen LogP contribution < -0.4 is 0 Å². The average molecular weight is 425 g/mol. The number of benzene rings is 1. The van der Waals surface area contributed by atoms with Crippen LogP contribution in [0.3, 0.4) is 0 Å². The maximum absolute atomic E-state index is 13.0. The van der Waals surface area contributed by atoms with Crippen molar-refractivity contribution in [1.82, 2.24) is 0 Å². The summed E-state index contributed by atoms with van der Waals surface area (Å²) in [6.45, 7) is 7.79. The number of thioether (sulfide) groups is 1. The third-order valence-electron chi connectivity index (χ3n) is 5.26. The van der Waals surface area contributed by atoms with Crippen LogP contribution in [0.15, 0.2) is 35.2 Å². The maximum Gasteiger partial charge on any atom is 0.349 e. The van der Waals surface area contributed by atoms with Crippen molar-refractivity contribution in [3.8, 4) is 0 Å². The fourth-order valence-electron chi connectivity index (χ4n) is 4.14. The van der Waals surface area contributed by atoms with Gasteiger partial charge in [-0.2, -0.15) is 0 Å². The molecule has 1 aromatic carbocycles.